The van der Waals surface area contributed by atoms with Crippen molar-refractivity contribution in [1.82, 2.24) is 4.98 Å². The number of hydrogen-bond acceptors (Lipinski definition) is 4. The molecule has 0 fully saturated rings. The first kappa shape index (κ1) is 14.4. The number of aromatic nitrogens is 1. The topological polar surface area (TPSA) is 80.0 Å². The van der Waals surface area contributed by atoms with Gasteiger partial charge in [-0.1, -0.05) is 6.07 Å². The number of hydrogen-bond donors (Lipinski definition) is 3. The van der Waals surface area contributed by atoms with Gasteiger partial charge in [-0.3, -0.25) is 4.79 Å². The summed E-state index contributed by atoms with van der Waals surface area (Å²) in [6, 6.07) is 6.33. The summed E-state index contributed by atoms with van der Waals surface area (Å²) in [5.74, 6) is 3.32. The molecule has 0 aliphatic heterocycles. The van der Waals surface area contributed by atoms with Gasteiger partial charge in [-0.25, -0.2) is 19.6 Å². The third-order valence-corrected chi connectivity index (χ3v) is 3.00. The normalized spacial score (nSPS) is 10.2. The molecule has 0 bridgehead atoms. The zero-order chi connectivity index (χ0) is 14.7. The fourth-order valence-electron chi connectivity index (χ4n) is 1.45. The first-order valence-electron chi connectivity index (χ1n) is 5.41. The van der Waals surface area contributed by atoms with Crippen molar-refractivity contribution in [3.8, 4) is 0 Å². The van der Waals surface area contributed by atoms with E-state index in [1.54, 1.807) is 12.1 Å². The number of carbonyl (C=O) groups is 1. The Labute approximate surface area is 121 Å². The van der Waals surface area contributed by atoms with Crippen molar-refractivity contribution in [2.24, 2.45) is 5.84 Å². The Morgan fingerprint density at radius 3 is 2.70 bits per heavy atom. The number of nitrogens with two attached hydrogens (primary N) is 1. The van der Waals surface area contributed by atoms with E-state index in [2.05, 4.69) is 31.7 Å². The molecule has 0 atom stereocenters. The number of halogens is 3. The van der Waals surface area contributed by atoms with Gasteiger partial charge in [0.05, 0.1) is 10.2 Å². The monoisotopic (exact) mass is 342 g/mol. The molecule has 0 aliphatic rings. The lowest BCUT2D eigenvalue weighted by atomic mass is 10.2. The zero-order valence-corrected chi connectivity index (χ0v) is 11.5. The number of nitrogen functional groups attached to an aromatic ring is 1. The number of hydrazine groups is 1. The van der Waals surface area contributed by atoms with Gasteiger partial charge in [0.1, 0.15) is 23.1 Å². The minimum absolute atomic E-state index is 0.0168. The molecule has 0 aliphatic carbocycles. The maximum atomic E-state index is 13.6. The van der Waals surface area contributed by atoms with Crippen LogP contribution in [0, 0.1) is 11.6 Å². The number of nitrogens with zero attached hydrogens (tertiary/aromatic N) is 1. The Hall–Kier alpha value is -2.06. The van der Waals surface area contributed by atoms with Crippen LogP contribution in [0.3, 0.4) is 0 Å². The van der Waals surface area contributed by atoms with Crippen LogP contribution < -0.4 is 16.6 Å². The molecule has 2 rings (SSSR count). The van der Waals surface area contributed by atoms with Crippen molar-refractivity contribution < 1.29 is 13.6 Å². The van der Waals surface area contributed by atoms with Crippen LogP contribution in [-0.4, -0.2) is 10.9 Å². The van der Waals surface area contributed by atoms with E-state index in [-0.39, 0.29) is 21.7 Å². The summed E-state index contributed by atoms with van der Waals surface area (Å²) < 4.78 is 26.9. The number of nitrogens with one attached hydrogen (secondary N) is 2. The molecular weight excluding hydrogens is 334 g/mol. The van der Waals surface area contributed by atoms with Crippen molar-refractivity contribution in [3.05, 3.63) is 52.1 Å². The fraction of sp³-hybridized carbons (Fsp3) is 0. The van der Waals surface area contributed by atoms with Crippen molar-refractivity contribution >= 4 is 33.3 Å². The lowest BCUT2D eigenvalue weighted by molar-refractivity contribution is 0.102. The largest absolute Gasteiger partial charge is 0.318 e. The smallest absolute Gasteiger partial charge is 0.274 e. The highest BCUT2D eigenvalue weighted by Crippen LogP contribution is 2.23. The molecule has 1 amide bonds. The lowest BCUT2D eigenvalue weighted by Gasteiger charge is -2.08. The predicted octanol–water partition coefficient (Wildman–Crippen LogP) is 2.66. The lowest BCUT2D eigenvalue weighted by Crippen LogP contribution is -2.17. The summed E-state index contributed by atoms with van der Waals surface area (Å²) >= 11 is 2.85. The third-order valence-electron chi connectivity index (χ3n) is 2.39. The Morgan fingerprint density at radius 1 is 1.25 bits per heavy atom. The van der Waals surface area contributed by atoms with Gasteiger partial charge in [-0.2, -0.15) is 0 Å². The minimum atomic E-state index is -0.764. The highest BCUT2D eigenvalue weighted by Gasteiger charge is 2.13. The van der Waals surface area contributed by atoms with Crippen molar-refractivity contribution in [2.45, 2.75) is 0 Å². The Morgan fingerprint density at radius 2 is 2.00 bits per heavy atom. The SMILES string of the molecule is NNc1cccc(C(=O)Nc2cc(F)c(Br)cc2F)n1. The maximum Gasteiger partial charge on any atom is 0.274 e. The van der Waals surface area contributed by atoms with Crippen LogP contribution in [0.2, 0.25) is 0 Å². The Kier molecular flexibility index (Phi) is 4.26. The van der Waals surface area contributed by atoms with E-state index in [0.29, 0.717) is 0 Å². The van der Waals surface area contributed by atoms with Crippen LogP contribution in [0.5, 0.6) is 0 Å². The molecule has 0 radical (unpaired) electrons. The van der Waals surface area contributed by atoms with Crippen LogP contribution in [0.15, 0.2) is 34.8 Å². The highest BCUT2D eigenvalue weighted by atomic mass is 79.9. The zero-order valence-electron chi connectivity index (χ0n) is 9.95. The van der Waals surface area contributed by atoms with Crippen LogP contribution in [0.4, 0.5) is 20.3 Å². The Balaban J connectivity index is 2.25. The number of amides is 1. The average molecular weight is 343 g/mol. The van der Waals surface area contributed by atoms with E-state index in [1.165, 1.54) is 6.07 Å². The molecule has 2 aromatic rings. The summed E-state index contributed by atoms with van der Waals surface area (Å²) in [4.78, 5) is 15.8. The van der Waals surface area contributed by atoms with E-state index in [9.17, 15) is 13.6 Å². The molecule has 1 heterocycles. The van der Waals surface area contributed by atoms with E-state index < -0.39 is 17.5 Å². The molecular formula is C12H9BrF2N4O. The molecule has 0 saturated carbocycles. The van der Waals surface area contributed by atoms with E-state index >= 15 is 0 Å². The van der Waals surface area contributed by atoms with Gasteiger partial charge < -0.3 is 10.7 Å². The molecule has 4 N–H and O–H groups in total. The summed E-state index contributed by atoms with van der Waals surface area (Å²) in [5, 5.41) is 2.24. The first-order chi connectivity index (χ1) is 9.51. The van der Waals surface area contributed by atoms with Crippen LogP contribution in [0.1, 0.15) is 10.5 Å². The number of benzene rings is 1. The first-order valence-corrected chi connectivity index (χ1v) is 6.20. The summed E-state index contributed by atoms with van der Waals surface area (Å²) in [6.45, 7) is 0. The molecule has 0 unspecified atom stereocenters. The number of pyridine rings is 1. The van der Waals surface area contributed by atoms with Gasteiger partial charge in [0, 0.05) is 6.07 Å². The van der Waals surface area contributed by atoms with E-state index in [1.807, 2.05) is 0 Å². The number of anilines is 2. The van der Waals surface area contributed by atoms with Crippen molar-refractivity contribution in [1.29, 1.82) is 0 Å². The average Bonchev–Trinajstić information content (AvgIpc) is 2.44. The second-order valence-corrected chi connectivity index (χ2v) is 4.61. The standard InChI is InChI=1S/C12H9BrF2N4O/c13-6-4-8(15)10(5-7(6)14)18-12(20)9-2-1-3-11(17-9)19-16/h1-5H,16H2,(H,17,19)(H,18,20). The van der Waals surface area contributed by atoms with E-state index in [4.69, 9.17) is 5.84 Å². The van der Waals surface area contributed by atoms with Crippen molar-refractivity contribution in [3.63, 3.8) is 0 Å². The quantitative estimate of drug-likeness (QED) is 0.455. The second kappa shape index (κ2) is 5.93. The third kappa shape index (κ3) is 3.09. The van der Waals surface area contributed by atoms with Crippen LogP contribution in [-0.2, 0) is 0 Å². The van der Waals surface area contributed by atoms with Gasteiger partial charge in [0.15, 0.2) is 0 Å². The molecule has 0 spiro atoms. The van der Waals surface area contributed by atoms with E-state index in [0.717, 1.165) is 12.1 Å². The van der Waals surface area contributed by atoms with Crippen molar-refractivity contribution in [2.75, 3.05) is 10.7 Å². The molecule has 104 valence electrons. The maximum absolute atomic E-state index is 13.6. The van der Waals surface area contributed by atoms with Crippen LogP contribution >= 0.6 is 15.9 Å². The minimum Gasteiger partial charge on any atom is -0.318 e. The second-order valence-electron chi connectivity index (χ2n) is 3.75. The summed E-state index contributed by atoms with van der Waals surface area (Å²) in [7, 11) is 0. The molecule has 8 heteroatoms. The highest BCUT2D eigenvalue weighted by molar-refractivity contribution is 9.10. The van der Waals surface area contributed by atoms with Gasteiger partial charge in [0.25, 0.3) is 5.91 Å². The van der Waals surface area contributed by atoms with Gasteiger partial charge in [-0.15, -0.1) is 0 Å². The van der Waals surface area contributed by atoms with Gasteiger partial charge in [0.2, 0.25) is 0 Å². The summed E-state index contributed by atoms with van der Waals surface area (Å²) in [6.07, 6.45) is 0. The molecule has 1 aromatic heterocycles. The van der Waals surface area contributed by atoms with Crippen LogP contribution in [0.25, 0.3) is 0 Å². The van der Waals surface area contributed by atoms with Gasteiger partial charge in [-0.05, 0) is 34.1 Å². The predicted molar refractivity (Wildman–Crippen MR) is 74.1 cm³/mol. The molecule has 5 nitrogen and oxygen atoms in total. The molecule has 0 saturated heterocycles. The molecule has 1 aromatic carbocycles. The van der Waals surface area contributed by atoms with Gasteiger partial charge >= 0.3 is 0 Å². The molecule has 20 heavy (non-hydrogen) atoms. The Bertz CT molecular complexity index is 666. The summed E-state index contributed by atoms with van der Waals surface area (Å²) in [5.41, 5.74) is 2.03. The number of rotatable bonds is 3. The fourth-order valence-corrected chi connectivity index (χ4v) is 1.76. The number of carbonyl (C=O) groups excluding carboxylic acids is 1.